The molecule has 4 N–H and O–H groups in total. The highest BCUT2D eigenvalue weighted by atomic mass is 19.4. The molecule has 7 heteroatoms. The van der Waals surface area contributed by atoms with Crippen molar-refractivity contribution in [2.45, 2.75) is 25.6 Å². The van der Waals surface area contributed by atoms with Crippen molar-refractivity contribution >= 4 is 11.5 Å². The molecule has 1 fully saturated rings. The fraction of sp³-hybridized carbons (Fsp3) is 0.500. The number of nitrogen functional groups attached to an aromatic ring is 1. The molecule has 0 aliphatic carbocycles. The standard InChI is InChI=1S/C14H18F3N3O/c1-8-4-5-20(7-12(8)21)9-2-3-11(14(15,16)17)10(6-9)13(18)19/h2-3,6,8,12,21H,4-5,7H2,1H3,(H3,18,19). The fourth-order valence-corrected chi connectivity index (χ4v) is 2.48. The maximum Gasteiger partial charge on any atom is 0.417 e. The Morgan fingerprint density at radius 3 is 2.62 bits per heavy atom. The Hall–Kier alpha value is -1.76. The van der Waals surface area contributed by atoms with E-state index >= 15 is 0 Å². The van der Waals surface area contributed by atoms with E-state index in [0.29, 0.717) is 18.8 Å². The van der Waals surface area contributed by atoms with Crippen molar-refractivity contribution in [1.29, 1.82) is 5.41 Å². The average molecular weight is 301 g/mol. The summed E-state index contributed by atoms with van der Waals surface area (Å²) in [5.41, 5.74) is 4.58. The van der Waals surface area contributed by atoms with Crippen LogP contribution in [0.3, 0.4) is 0 Å². The summed E-state index contributed by atoms with van der Waals surface area (Å²) in [4.78, 5) is 1.82. The minimum Gasteiger partial charge on any atom is -0.391 e. The molecule has 0 bridgehead atoms. The number of nitrogens with zero attached hydrogens (tertiary/aromatic N) is 1. The number of aliphatic hydroxyl groups excluding tert-OH is 1. The van der Waals surface area contributed by atoms with Gasteiger partial charge in [-0.3, -0.25) is 5.41 Å². The Labute approximate surface area is 120 Å². The van der Waals surface area contributed by atoms with Crippen molar-refractivity contribution in [3.8, 4) is 0 Å². The number of anilines is 1. The number of hydrogen-bond acceptors (Lipinski definition) is 3. The summed E-state index contributed by atoms with van der Waals surface area (Å²) >= 11 is 0. The number of hydrogen-bond donors (Lipinski definition) is 3. The number of piperidine rings is 1. The molecule has 1 heterocycles. The first kappa shape index (κ1) is 15.6. The topological polar surface area (TPSA) is 73.3 Å². The van der Waals surface area contributed by atoms with Crippen molar-refractivity contribution in [3.05, 3.63) is 29.3 Å². The van der Waals surface area contributed by atoms with Crippen molar-refractivity contribution in [3.63, 3.8) is 0 Å². The maximum absolute atomic E-state index is 12.9. The first-order valence-corrected chi connectivity index (χ1v) is 6.69. The minimum atomic E-state index is -4.55. The summed E-state index contributed by atoms with van der Waals surface area (Å²) < 4.78 is 38.7. The average Bonchev–Trinajstić information content (AvgIpc) is 2.40. The van der Waals surface area contributed by atoms with Gasteiger partial charge in [0.25, 0.3) is 0 Å². The molecular weight excluding hydrogens is 283 g/mol. The summed E-state index contributed by atoms with van der Waals surface area (Å²) in [5, 5.41) is 17.2. The van der Waals surface area contributed by atoms with Gasteiger partial charge in [0.1, 0.15) is 5.84 Å². The first-order valence-electron chi connectivity index (χ1n) is 6.69. The van der Waals surface area contributed by atoms with E-state index in [1.54, 1.807) is 0 Å². The van der Waals surface area contributed by atoms with Gasteiger partial charge in [-0.05, 0) is 30.5 Å². The second-order valence-electron chi connectivity index (χ2n) is 5.42. The number of amidine groups is 1. The monoisotopic (exact) mass is 301 g/mol. The fourth-order valence-electron chi connectivity index (χ4n) is 2.48. The van der Waals surface area contributed by atoms with Crippen LogP contribution in [0.15, 0.2) is 18.2 Å². The normalized spacial score (nSPS) is 23.2. The number of nitrogens with two attached hydrogens (primary N) is 1. The second-order valence-corrected chi connectivity index (χ2v) is 5.42. The summed E-state index contributed by atoms with van der Waals surface area (Å²) in [7, 11) is 0. The van der Waals surface area contributed by atoms with Crippen LogP contribution in [0.25, 0.3) is 0 Å². The minimum absolute atomic E-state index is 0.169. The van der Waals surface area contributed by atoms with Crippen LogP contribution in [0.1, 0.15) is 24.5 Å². The quantitative estimate of drug-likeness (QED) is 0.579. The summed E-state index contributed by atoms with van der Waals surface area (Å²) in [6.07, 6.45) is -4.30. The number of β-amino-alcohol motifs (C(OH)–C–C–N with tert-alkyl or cyclic N) is 1. The van der Waals surface area contributed by atoms with Crippen molar-refractivity contribution < 1.29 is 18.3 Å². The molecular formula is C14H18F3N3O. The van der Waals surface area contributed by atoms with Gasteiger partial charge in [-0.2, -0.15) is 13.2 Å². The Bertz CT molecular complexity index is 545. The van der Waals surface area contributed by atoms with Gasteiger partial charge in [0.05, 0.1) is 11.7 Å². The highest BCUT2D eigenvalue weighted by Crippen LogP contribution is 2.34. The molecule has 1 aromatic rings. The predicted octanol–water partition coefficient (Wildman–Crippen LogP) is 2.20. The van der Waals surface area contributed by atoms with Gasteiger partial charge in [-0.15, -0.1) is 0 Å². The third-order valence-corrected chi connectivity index (χ3v) is 3.88. The van der Waals surface area contributed by atoms with Crippen molar-refractivity contribution in [1.82, 2.24) is 0 Å². The number of aliphatic hydroxyl groups is 1. The zero-order chi connectivity index (χ0) is 15.8. The van der Waals surface area contributed by atoms with E-state index in [-0.39, 0.29) is 11.5 Å². The van der Waals surface area contributed by atoms with Gasteiger partial charge in [0.2, 0.25) is 0 Å². The van der Waals surface area contributed by atoms with Crippen LogP contribution in [0.4, 0.5) is 18.9 Å². The largest absolute Gasteiger partial charge is 0.417 e. The van der Waals surface area contributed by atoms with Gasteiger partial charge >= 0.3 is 6.18 Å². The molecule has 0 aromatic heterocycles. The molecule has 2 unspecified atom stereocenters. The van der Waals surface area contributed by atoms with E-state index in [2.05, 4.69) is 0 Å². The molecule has 0 radical (unpaired) electrons. The molecule has 2 atom stereocenters. The van der Waals surface area contributed by atoms with Crippen molar-refractivity contribution in [2.75, 3.05) is 18.0 Å². The number of rotatable bonds is 2. The smallest absolute Gasteiger partial charge is 0.391 e. The maximum atomic E-state index is 12.9. The number of alkyl halides is 3. The highest BCUT2D eigenvalue weighted by molar-refractivity contribution is 5.97. The molecule has 116 valence electrons. The highest BCUT2D eigenvalue weighted by Gasteiger charge is 2.34. The van der Waals surface area contributed by atoms with E-state index in [0.717, 1.165) is 12.5 Å². The first-order chi connectivity index (χ1) is 9.70. The number of benzene rings is 1. The third-order valence-electron chi connectivity index (χ3n) is 3.88. The van der Waals surface area contributed by atoms with Crippen LogP contribution in [-0.2, 0) is 6.18 Å². The van der Waals surface area contributed by atoms with Gasteiger partial charge in [-0.1, -0.05) is 6.92 Å². The Morgan fingerprint density at radius 1 is 1.43 bits per heavy atom. The molecule has 0 spiro atoms. The Balaban J connectivity index is 2.35. The van der Waals surface area contributed by atoms with E-state index < -0.39 is 23.7 Å². The lowest BCUT2D eigenvalue weighted by Crippen LogP contribution is -2.43. The second kappa shape index (κ2) is 5.55. The molecule has 1 aliphatic rings. The molecule has 21 heavy (non-hydrogen) atoms. The van der Waals surface area contributed by atoms with Crippen LogP contribution in [0.2, 0.25) is 0 Å². The van der Waals surface area contributed by atoms with Gasteiger partial charge < -0.3 is 15.7 Å². The zero-order valence-electron chi connectivity index (χ0n) is 11.6. The summed E-state index contributed by atoms with van der Waals surface area (Å²) in [6.45, 7) is 2.96. The van der Waals surface area contributed by atoms with Gasteiger partial charge in [0.15, 0.2) is 0 Å². The third kappa shape index (κ3) is 3.29. The Morgan fingerprint density at radius 2 is 2.10 bits per heavy atom. The van der Waals surface area contributed by atoms with Gasteiger partial charge in [-0.25, -0.2) is 0 Å². The molecule has 2 rings (SSSR count). The molecule has 0 amide bonds. The molecule has 1 aliphatic heterocycles. The van der Waals surface area contributed by atoms with E-state index in [9.17, 15) is 18.3 Å². The van der Waals surface area contributed by atoms with Crippen LogP contribution < -0.4 is 10.6 Å². The summed E-state index contributed by atoms with van der Waals surface area (Å²) in [5.74, 6) is -0.446. The molecule has 1 saturated heterocycles. The zero-order valence-corrected chi connectivity index (χ0v) is 11.6. The number of halogens is 3. The molecule has 0 saturated carbocycles. The lowest BCUT2D eigenvalue weighted by Gasteiger charge is -2.36. The SMILES string of the molecule is CC1CCN(c2ccc(C(F)(F)F)c(C(=N)N)c2)CC1O. The van der Waals surface area contributed by atoms with E-state index in [1.165, 1.54) is 12.1 Å². The van der Waals surface area contributed by atoms with E-state index in [1.807, 2.05) is 11.8 Å². The van der Waals surface area contributed by atoms with Crippen LogP contribution in [0, 0.1) is 11.3 Å². The molecule has 1 aromatic carbocycles. The number of nitrogens with one attached hydrogen (secondary N) is 1. The Kier molecular flexibility index (Phi) is 4.13. The van der Waals surface area contributed by atoms with Crippen molar-refractivity contribution in [2.24, 2.45) is 11.7 Å². The van der Waals surface area contributed by atoms with Crippen LogP contribution in [-0.4, -0.2) is 30.1 Å². The lowest BCUT2D eigenvalue weighted by molar-refractivity contribution is -0.137. The van der Waals surface area contributed by atoms with Crippen LogP contribution in [0.5, 0.6) is 0 Å². The lowest BCUT2D eigenvalue weighted by atomic mass is 9.95. The van der Waals surface area contributed by atoms with Crippen LogP contribution >= 0.6 is 0 Å². The van der Waals surface area contributed by atoms with Gasteiger partial charge in [0, 0.05) is 24.3 Å². The summed E-state index contributed by atoms with van der Waals surface area (Å²) in [6, 6.07) is 3.57. The molecule has 4 nitrogen and oxygen atoms in total. The van der Waals surface area contributed by atoms with E-state index in [4.69, 9.17) is 11.1 Å². The predicted molar refractivity (Wildman–Crippen MR) is 74.5 cm³/mol.